The van der Waals surface area contributed by atoms with Crippen molar-refractivity contribution in [2.75, 3.05) is 310 Å². The van der Waals surface area contributed by atoms with Gasteiger partial charge >= 0.3 is 17.9 Å². The van der Waals surface area contributed by atoms with E-state index in [1.807, 2.05) is 62.3 Å². The highest BCUT2D eigenvalue weighted by molar-refractivity contribution is 5.70. The average molecular weight is 1610 g/mol. The average Bonchev–Trinajstić information content (AvgIpc) is 0.968. The molecule has 0 saturated heterocycles. The topological polar surface area (TPSA) is 612 Å². The number of aliphatic hydroxyl groups is 5. The van der Waals surface area contributed by atoms with Gasteiger partial charge in [-0.25, -0.2) is 5.90 Å². The molecule has 45 nitrogen and oxygen atoms in total. The van der Waals surface area contributed by atoms with Crippen molar-refractivity contribution in [3.63, 3.8) is 0 Å². The number of nitrogens with zero attached hydrogens (tertiary/aromatic N) is 12. The molecule has 45 heteroatoms. The SMILES string of the molecule is CC(C)(C)OC(=O)CCOCCOCCOCCN.CC(C)(C)OC(=O)CCOCCOCCOCCN=[N+]=[N-].CC(C)(C)OC(=O)CCOCCOCCOCCO.OCCOCCOCCO.OCCOCCOCCOCCO.[N-]=[N+]=NCCOCCOCCON.[N-]=[N+]=NCCOCCOCCON=[N+]=[N-]. The molecule has 0 radical (unpaired) electrons. The summed E-state index contributed by atoms with van der Waals surface area (Å²) in [5, 5.41) is 54.5. The Kier molecular flexibility index (Phi) is 111. The summed E-state index contributed by atoms with van der Waals surface area (Å²) in [6.07, 6.45) is 0.744. The van der Waals surface area contributed by atoms with Gasteiger partial charge in [-0.3, -0.25) is 14.4 Å². The normalized spacial score (nSPS) is 10.6. The molecule has 652 valence electrons. The third-order valence-electron chi connectivity index (χ3n) is 10.1. The van der Waals surface area contributed by atoms with Gasteiger partial charge in [-0.05, 0) is 84.4 Å². The summed E-state index contributed by atoms with van der Waals surface area (Å²) < 4.78 is 107. The standard InChI is InChI=1S/C13H25N3O5.C13H27NO5.C13H26O6.C8H18O5.C6H12N6O3.C6H14N4O3.C6H14O4/c1-13(2,3)21-12(17)4-6-18-8-10-20-11-9-19-7-5-15-16-14;2*1-13(2,3)19-12(15)4-6-16-8-10-18-11-9-17-7-5-14;9-1-3-11-5-7-13-8-6-12-4-2-10;7-10-9-1-2-13-3-4-14-5-6-15-12-11-8;7-10-9-1-2-11-3-4-12-5-6-13-8;7-1-3-9-5-6-10-4-2-8/h4-11H2,1-3H3;4-11,14H2,1-3H3;14H,4-11H2,1-3H3;9-10H,1-8H2;1-6H2;1-6,8H2;7-8H,1-6H2. The fourth-order valence-electron chi connectivity index (χ4n) is 5.90. The number of carbonyl (C=O) groups is 3. The van der Waals surface area contributed by atoms with E-state index in [-0.39, 0.29) is 76.8 Å². The third-order valence-corrected chi connectivity index (χ3v) is 10.1. The first-order valence-electron chi connectivity index (χ1n) is 35.8. The minimum atomic E-state index is -0.460. The van der Waals surface area contributed by atoms with Crippen LogP contribution < -0.4 is 11.6 Å². The van der Waals surface area contributed by atoms with Crippen LogP contribution in [0.2, 0.25) is 0 Å². The minimum Gasteiger partial charge on any atom is -0.460 e. The van der Waals surface area contributed by atoms with E-state index in [0.717, 1.165) is 0 Å². The lowest BCUT2D eigenvalue weighted by atomic mass is 10.2. The lowest BCUT2D eigenvalue weighted by Gasteiger charge is -2.19. The molecule has 0 unspecified atom stereocenters. The molecule has 0 aliphatic heterocycles. The number of carbonyl (C=O) groups excluding carboxylic acids is 3. The molecule has 0 saturated carbocycles. The van der Waals surface area contributed by atoms with Crippen molar-refractivity contribution in [3.8, 4) is 0 Å². The van der Waals surface area contributed by atoms with Crippen LogP contribution in [0, 0.1) is 0 Å². The number of ether oxygens (including phenoxy) is 21. The summed E-state index contributed by atoms with van der Waals surface area (Å²) in [5.74, 6) is 3.99. The van der Waals surface area contributed by atoms with Crippen LogP contribution in [0.25, 0.3) is 41.8 Å². The van der Waals surface area contributed by atoms with Gasteiger partial charge in [0.15, 0.2) is 0 Å². The van der Waals surface area contributed by atoms with E-state index < -0.39 is 16.8 Å². The van der Waals surface area contributed by atoms with Gasteiger partial charge in [0.1, 0.15) is 28.7 Å². The molecular formula is C65H136N14O31. The number of aliphatic hydroxyl groups excluding tert-OH is 5. The first-order valence-corrected chi connectivity index (χ1v) is 35.8. The Morgan fingerprint density at radius 2 is 0.473 bits per heavy atom. The van der Waals surface area contributed by atoms with Crippen molar-refractivity contribution in [3.05, 3.63) is 41.8 Å². The molecule has 0 rings (SSSR count). The number of rotatable bonds is 70. The number of azide groups is 4. The van der Waals surface area contributed by atoms with Crippen LogP contribution in [0.1, 0.15) is 81.6 Å². The largest absolute Gasteiger partial charge is 0.460 e. The van der Waals surface area contributed by atoms with Crippen molar-refractivity contribution in [2.45, 2.75) is 98.4 Å². The van der Waals surface area contributed by atoms with Gasteiger partial charge in [-0.15, -0.1) is 0 Å². The van der Waals surface area contributed by atoms with E-state index in [1.54, 1.807) is 0 Å². The molecular weight excluding hydrogens is 1470 g/mol. The highest BCUT2D eigenvalue weighted by Crippen LogP contribution is 2.10. The summed E-state index contributed by atoms with van der Waals surface area (Å²) >= 11 is 0. The quantitative estimate of drug-likeness (QED) is 0.00872. The van der Waals surface area contributed by atoms with E-state index in [0.29, 0.717) is 271 Å². The smallest absolute Gasteiger partial charge is 0.308 e. The first kappa shape index (κ1) is 118. The molecule has 0 spiro atoms. The molecule has 0 aromatic rings. The Morgan fingerprint density at radius 1 is 0.282 bits per heavy atom. The van der Waals surface area contributed by atoms with Gasteiger partial charge in [0, 0.05) is 45.8 Å². The highest BCUT2D eigenvalue weighted by atomic mass is 16.7. The van der Waals surface area contributed by atoms with Crippen LogP contribution in [0.4, 0.5) is 0 Å². The van der Waals surface area contributed by atoms with Crippen molar-refractivity contribution >= 4 is 17.9 Å². The molecule has 0 fully saturated rings. The van der Waals surface area contributed by atoms with Gasteiger partial charge < -0.3 is 140 Å². The van der Waals surface area contributed by atoms with Crippen molar-refractivity contribution in [2.24, 2.45) is 32.3 Å². The molecule has 0 atom stereocenters. The fraction of sp³-hybridized carbons (Fsp3) is 0.954. The second kappa shape index (κ2) is 103. The zero-order valence-electron chi connectivity index (χ0n) is 66.7. The zero-order valence-corrected chi connectivity index (χ0v) is 66.7. The zero-order chi connectivity index (χ0) is 83.5. The van der Waals surface area contributed by atoms with Crippen LogP contribution in [-0.4, -0.2) is 371 Å². The van der Waals surface area contributed by atoms with E-state index >= 15 is 0 Å². The summed E-state index contributed by atoms with van der Waals surface area (Å²) in [5.41, 5.74) is 35.7. The Balaban J connectivity index is -0.000000228. The Hall–Kier alpha value is -5.59. The van der Waals surface area contributed by atoms with Crippen LogP contribution in [0.5, 0.6) is 0 Å². The Bertz CT molecular complexity index is 1990. The second-order valence-electron chi connectivity index (χ2n) is 23.2. The Morgan fingerprint density at radius 3 is 0.664 bits per heavy atom. The van der Waals surface area contributed by atoms with Crippen LogP contribution in [0.15, 0.2) is 20.6 Å². The lowest BCUT2D eigenvalue weighted by Crippen LogP contribution is -2.24. The summed E-state index contributed by atoms with van der Waals surface area (Å²) in [4.78, 5) is 52.9. The molecule has 0 aliphatic rings. The van der Waals surface area contributed by atoms with Crippen molar-refractivity contribution in [1.82, 2.24) is 0 Å². The van der Waals surface area contributed by atoms with E-state index in [2.05, 4.69) is 49.9 Å². The predicted molar refractivity (Wildman–Crippen MR) is 398 cm³/mol. The van der Waals surface area contributed by atoms with Crippen molar-refractivity contribution in [1.29, 1.82) is 0 Å². The predicted octanol–water partition coefficient (Wildman–Crippen LogP) is 3.38. The summed E-state index contributed by atoms with van der Waals surface area (Å²) in [7, 11) is 0. The van der Waals surface area contributed by atoms with Gasteiger partial charge in [-0.1, -0.05) is 15.3 Å². The molecule has 0 bridgehead atoms. The molecule has 0 heterocycles. The number of nitrogens with two attached hydrogens (primary N) is 2. The molecule has 0 amide bonds. The maximum Gasteiger partial charge on any atom is 0.308 e. The third kappa shape index (κ3) is 141. The highest BCUT2D eigenvalue weighted by Gasteiger charge is 2.18. The van der Waals surface area contributed by atoms with Crippen LogP contribution >= 0.6 is 0 Å². The van der Waals surface area contributed by atoms with Gasteiger partial charge in [0.05, 0.1) is 297 Å². The van der Waals surface area contributed by atoms with E-state index in [4.69, 9.17) is 159 Å². The monoisotopic (exact) mass is 1610 g/mol. The molecule has 0 aromatic carbocycles. The fourth-order valence-corrected chi connectivity index (χ4v) is 5.90. The van der Waals surface area contributed by atoms with E-state index in [9.17, 15) is 14.4 Å². The number of esters is 3. The summed E-state index contributed by atoms with van der Waals surface area (Å²) in [6.45, 7) is 34.3. The molecule has 0 aliphatic carbocycles. The van der Waals surface area contributed by atoms with Crippen LogP contribution in [-0.2, 0) is 124 Å². The number of hydrogen-bond donors (Lipinski definition) is 7. The van der Waals surface area contributed by atoms with Crippen molar-refractivity contribution < 1.29 is 149 Å². The van der Waals surface area contributed by atoms with Gasteiger partial charge in [0.25, 0.3) is 0 Å². The second-order valence-corrected chi connectivity index (χ2v) is 23.2. The summed E-state index contributed by atoms with van der Waals surface area (Å²) in [6, 6.07) is 0. The lowest BCUT2D eigenvalue weighted by molar-refractivity contribution is -0.157. The maximum atomic E-state index is 11.4. The Labute approximate surface area is 647 Å². The minimum absolute atomic E-state index is 0.0216. The van der Waals surface area contributed by atoms with Gasteiger partial charge in [-0.2, -0.15) is 0 Å². The maximum absolute atomic E-state index is 11.4. The molecule has 110 heavy (non-hydrogen) atoms. The first-order chi connectivity index (χ1) is 53.0. The number of hydrogen-bond acceptors (Lipinski definition) is 37. The molecule has 9 N–H and O–H groups in total. The van der Waals surface area contributed by atoms with E-state index in [1.165, 1.54) is 0 Å². The van der Waals surface area contributed by atoms with Gasteiger partial charge in [0.2, 0.25) is 0 Å². The van der Waals surface area contributed by atoms with Crippen LogP contribution in [0.3, 0.4) is 0 Å². The molecule has 0 aromatic heterocycles.